The van der Waals surface area contributed by atoms with Crippen molar-refractivity contribution >= 4 is 5.96 Å². The first kappa shape index (κ1) is 21.2. The lowest BCUT2D eigenvalue weighted by Crippen LogP contribution is -2.41. The van der Waals surface area contributed by atoms with E-state index in [9.17, 15) is 0 Å². The first-order valence-electron chi connectivity index (χ1n) is 9.18. The maximum Gasteiger partial charge on any atom is 0.191 e. The SMILES string of the molecule is CN=C(NCCCCN1CCOCC1)NCCN(C)CCCOC. The highest BCUT2D eigenvalue weighted by Gasteiger charge is 2.09. The Kier molecular flexibility index (Phi) is 12.7. The van der Waals surface area contributed by atoms with E-state index in [0.29, 0.717) is 0 Å². The van der Waals surface area contributed by atoms with Gasteiger partial charge in [-0.1, -0.05) is 0 Å². The molecular formula is C17H37N5O2. The molecule has 0 aromatic heterocycles. The minimum absolute atomic E-state index is 0.825. The molecule has 0 bridgehead atoms. The monoisotopic (exact) mass is 343 g/mol. The number of unbranched alkanes of at least 4 members (excludes halogenated alkanes) is 1. The normalized spacial score (nSPS) is 16.6. The van der Waals surface area contributed by atoms with Gasteiger partial charge in [-0.2, -0.15) is 0 Å². The Bertz CT molecular complexity index is 322. The maximum atomic E-state index is 5.37. The van der Waals surface area contributed by atoms with E-state index in [-0.39, 0.29) is 0 Å². The smallest absolute Gasteiger partial charge is 0.191 e. The zero-order chi connectivity index (χ0) is 17.5. The first-order valence-corrected chi connectivity index (χ1v) is 9.18. The van der Waals surface area contributed by atoms with Crippen molar-refractivity contribution in [1.82, 2.24) is 20.4 Å². The van der Waals surface area contributed by atoms with E-state index in [1.165, 1.54) is 13.0 Å². The van der Waals surface area contributed by atoms with Gasteiger partial charge in [-0.25, -0.2) is 0 Å². The Morgan fingerprint density at radius 1 is 1.12 bits per heavy atom. The van der Waals surface area contributed by atoms with E-state index in [1.54, 1.807) is 7.11 Å². The summed E-state index contributed by atoms with van der Waals surface area (Å²) in [5.74, 6) is 0.895. The fourth-order valence-electron chi connectivity index (χ4n) is 2.67. The van der Waals surface area contributed by atoms with Crippen LogP contribution in [0.2, 0.25) is 0 Å². The summed E-state index contributed by atoms with van der Waals surface area (Å²) < 4.78 is 10.4. The van der Waals surface area contributed by atoms with Crippen LogP contribution < -0.4 is 10.6 Å². The predicted octanol–water partition coefficient (Wildman–Crippen LogP) is 0.232. The molecule has 2 N–H and O–H groups in total. The van der Waals surface area contributed by atoms with E-state index >= 15 is 0 Å². The minimum Gasteiger partial charge on any atom is -0.385 e. The molecule has 0 aromatic rings. The van der Waals surface area contributed by atoms with Gasteiger partial charge >= 0.3 is 0 Å². The number of hydrogen-bond donors (Lipinski definition) is 2. The van der Waals surface area contributed by atoms with Crippen LogP contribution in [-0.2, 0) is 9.47 Å². The van der Waals surface area contributed by atoms with E-state index in [0.717, 1.165) is 77.9 Å². The molecule has 1 aliphatic rings. The van der Waals surface area contributed by atoms with Crippen LogP contribution >= 0.6 is 0 Å². The van der Waals surface area contributed by atoms with Crippen LogP contribution in [0.25, 0.3) is 0 Å². The third kappa shape index (κ3) is 10.8. The number of guanidine groups is 1. The van der Waals surface area contributed by atoms with Crippen molar-refractivity contribution in [2.75, 3.05) is 86.8 Å². The Labute approximate surface area is 147 Å². The summed E-state index contributed by atoms with van der Waals surface area (Å²) in [6, 6.07) is 0. The number of likely N-dealkylation sites (N-methyl/N-ethyl adjacent to an activating group) is 1. The van der Waals surface area contributed by atoms with Crippen LogP contribution in [0.15, 0.2) is 4.99 Å². The second kappa shape index (κ2) is 14.5. The van der Waals surface area contributed by atoms with Crippen LogP contribution in [-0.4, -0.2) is 103 Å². The van der Waals surface area contributed by atoms with Gasteiger partial charge in [0.05, 0.1) is 13.2 Å². The van der Waals surface area contributed by atoms with Gasteiger partial charge in [-0.15, -0.1) is 0 Å². The summed E-state index contributed by atoms with van der Waals surface area (Å²) in [5.41, 5.74) is 0. The molecule has 0 aliphatic carbocycles. The number of hydrogen-bond acceptors (Lipinski definition) is 5. The van der Waals surface area contributed by atoms with Crippen molar-refractivity contribution in [3.8, 4) is 0 Å². The third-order valence-electron chi connectivity index (χ3n) is 4.20. The number of nitrogens with zero attached hydrogens (tertiary/aromatic N) is 3. The number of morpholine rings is 1. The van der Waals surface area contributed by atoms with Gasteiger partial charge in [0.1, 0.15) is 0 Å². The van der Waals surface area contributed by atoms with Gasteiger partial charge < -0.3 is 25.0 Å². The maximum absolute atomic E-state index is 5.37. The number of rotatable bonds is 12. The Morgan fingerprint density at radius 2 is 1.88 bits per heavy atom. The Hall–Kier alpha value is -0.890. The first-order chi connectivity index (χ1) is 11.8. The molecule has 1 heterocycles. The lowest BCUT2D eigenvalue weighted by atomic mass is 10.3. The Morgan fingerprint density at radius 3 is 2.58 bits per heavy atom. The number of ether oxygens (including phenoxy) is 2. The molecule has 7 heteroatoms. The summed E-state index contributed by atoms with van der Waals surface area (Å²) in [6.45, 7) is 9.84. The second-order valence-corrected chi connectivity index (χ2v) is 6.24. The molecule has 0 spiro atoms. The third-order valence-corrected chi connectivity index (χ3v) is 4.20. The highest BCUT2D eigenvalue weighted by atomic mass is 16.5. The summed E-state index contributed by atoms with van der Waals surface area (Å²) in [7, 11) is 5.71. The molecule has 24 heavy (non-hydrogen) atoms. The summed E-state index contributed by atoms with van der Waals surface area (Å²) in [4.78, 5) is 9.07. The molecule has 0 unspecified atom stereocenters. The van der Waals surface area contributed by atoms with Crippen molar-refractivity contribution in [2.45, 2.75) is 19.3 Å². The van der Waals surface area contributed by atoms with Gasteiger partial charge in [0.15, 0.2) is 5.96 Å². The fraction of sp³-hybridized carbons (Fsp3) is 0.941. The van der Waals surface area contributed by atoms with E-state index in [2.05, 4.69) is 32.5 Å². The molecule has 0 saturated carbocycles. The van der Waals surface area contributed by atoms with Gasteiger partial charge in [0.25, 0.3) is 0 Å². The van der Waals surface area contributed by atoms with Crippen LogP contribution in [0, 0.1) is 0 Å². The number of aliphatic imine (C=N–C) groups is 1. The van der Waals surface area contributed by atoms with Crippen molar-refractivity contribution in [3.05, 3.63) is 0 Å². The van der Waals surface area contributed by atoms with Crippen LogP contribution in [0.1, 0.15) is 19.3 Å². The molecule has 1 rings (SSSR count). The van der Waals surface area contributed by atoms with E-state index < -0.39 is 0 Å². The topological polar surface area (TPSA) is 61.4 Å². The number of methoxy groups -OCH3 is 1. The highest BCUT2D eigenvalue weighted by Crippen LogP contribution is 1.99. The number of nitrogens with one attached hydrogen (secondary N) is 2. The van der Waals surface area contributed by atoms with Crippen LogP contribution in [0.4, 0.5) is 0 Å². The van der Waals surface area contributed by atoms with E-state index in [1.807, 2.05) is 7.05 Å². The highest BCUT2D eigenvalue weighted by molar-refractivity contribution is 5.79. The zero-order valence-corrected chi connectivity index (χ0v) is 15.9. The van der Waals surface area contributed by atoms with Gasteiger partial charge in [-0.3, -0.25) is 9.89 Å². The van der Waals surface area contributed by atoms with Crippen LogP contribution in [0.3, 0.4) is 0 Å². The molecule has 1 fully saturated rings. The largest absolute Gasteiger partial charge is 0.385 e. The fourth-order valence-corrected chi connectivity index (χ4v) is 2.67. The molecular weight excluding hydrogens is 306 g/mol. The lowest BCUT2D eigenvalue weighted by molar-refractivity contribution is 0.0372. The van der Waals surface area contributed by atoms with E-state index in [4.69, 9.17) is 9.47 Å². The lowest BCUT2D eigenvalue weighted by Gasteiger charge is -2.26. The summed E-state index contributed by atoms with van der Waals surface area (Å²) in [6.07, 6.45) is 3.45. The molecule has 0 radical (unpaired) electrons. The zero-order valence-electron chi connectivity index (χ0n) is 15.9. The molecule has 0 aromatic carbocycles. The van der Waals surface area contributed by atoms with Crippen molar-refractivity contribution in [1.29, 1.82) is 0 Å². The van der Waals surface area contributed by atoms with Crippen molar-refractivity contribution in [2.24, 2.45) is 4.99 Å². The quantitative estimate of drug-likeness (QED) is 0.301. The molecule has 1 aliphatic heterocycles. The Balaban J connectivity index is 1.97. The summed E-state index contributed by atoms with van der Waals surface area (Å²) in [5, 5.41) is 6.76. The second-order valence-electron chi connectivity index (χ2n) is 6.24. The van der Waals surface area contributed by atoms with Crippen molar-refractivity contribution in [3.63, 3.8) is 0 Å². The van der Waals surface area contributed by atoms with Gasteiger partial charge in [0, 0.05) is 60.0 Å². The summed E-state index contributed by atoms with van der Waals surface area (Å²) >= 11 is 0. The average molecular weight is 344 g/mol. The van der Waals surface area contributed by atoms with Crippen LogP contribution in [0.5, 0.6) is 0 Å². The molecule has 0 amide bonds. The van der Waals surface area contributed by atoms with Gasteiger partial charge in [0.2, 0.25) is 0 Å². The van der Waals surface area contributed by atoms with Crippen molar-refractivity contribution < 1.29 is 9.47 Å². The molecule has 142 valence electrons. The van der Waals surface area contributed by atoms with Gasteiger partial charge in [-0.05, 0) is 32.9 Å². The standard InChI is InChI=1S/C17H37N5O2/c1-18-17(20-8-11-21(2)9-6-14-23-3)19-7-4-5-10-22-12-15-24-16-13-22/h4-16H2,1-3H3,(H2,18,19,20). The predicted molar refractivity (Wildman–Crippen MR) is 99.8 cm³/mol. The average Bonchev–Trinajstić information content (AvgIpc) is 2.61. The molecule has 7 nitrogen and oxygen atoms in total. The molecule has 1 saturated heterocycles. The minimum atomic E-state index is 0.825. The molecule has 0 atom stereocenters.